The number of hydrogen-bond acceptors (Lipinski definition) is 4. The lowest BCUT2D eigenvalue weighted by molar-refractivity contribution is 0.465. The van der Waals surface area contributed by atoms with Gasteiger partial charge in [-0.1, -0.05) is 84.9 Å². The largest absolute Gasteiger partial charge is 0.507 e. The van der Waals surface area contributed by atoms with Crippen LogP contribution in [0.4, 0.5) is 0 Å². The number of aromatic hydroxyl groups is 2. The third-order valence-corrected chi connectivity index (χ3v) is 9.78. The first-order chi connectivity index (χ1) is 19.5. The molecule has 0 fully saturated rings. The van der Waals surface area contributed by atoms with Gasteiger partial charge in [-0.2, -0.15) is 0 Å². The molecule has 6 aromatic rings. The Kier molecular flexibility index (Phi) is 7.20. The van der Waals surface area contributed by atoms with Crippen molar-refractivity contribution in [3.8, 4) is 22.6 Å². The highest BCUT2D eigenvalue weighted by molar-refractivity contribution is 7.84. The number of rotatable bonds is 7. The van der Waals surface area contributed by atoms with Gasteiger partial charge < -0.3 is 10.2 Å². The Morgan fingerprint density at radius 1 is 0.475 bits per heavy atom. The molecule has 0 heterocycles. The van der Waals surface area contributed by atoms with Crippen molar-refractivity contribution in [2.24, 2.45) is 0 Å². The second-order valence-electron chi connectivity index (χ2n) is 9.57. The summed E-state index contributed by atoms with van der Waals surface area (Å²) >= 11 is 0. The predicted molar refractivity (Wildman–Crippen MR) is 163 cm³/mol. The fourth-order valence-corrected chi connectivity index (χ4v) is 7.37. The highest BCUT2D eigenvalue weighted by Crippen LogP contribution is 2.48. The Labute approximate surface area is 237 Å². The van der Waals surface area contributed by atoms with E-state index in [0.717, 1.165) is 21.5 Å². The van der Waals surface area contributed by atoms with E-state index in [1.165, 1.54) is 0 Å². The maximum absolute atomic E-state index is 13.3. The number of benzene rings is 6. The summed E-state index contributed by atoms with van der Waals surface area (Å²) < 4.78 is 26.5. The molecular formula is C34H26O4S2. The second-order valence-corrected chi connectivity index (χ2v) is 12.5. The quantitative estimate of drug-likeness (QED) is 0.209. The Morgan fingerprint density at radius 3 is 1.23 bits per heavy atom. The van der Waals surface area contributed by atoms with Crippen LogP contribution >= 0.6 is 0 Å². The summed E-state index contributed by atoms with van der Waals surface area (Å²) in [7, 11) is -2.76. The van der Waals surface area contributed by atoms with E-state index in [1.54, 1.807) is 0 Å². The summed E-state index contributed by atoms with van der Waals surface area (Å²) in [6.45, 7) is 0. The molecule has 0 radical (unpaired) electrons. The molecule has 0 unspecified atom stereocenters. The molecule has 0 saturated carbocycles. The first-order valence-corrected chi connectivity index (χ1v) is 15.5. The monoisotopic (exact) mass is 562 g/mol. The normalized spacial score (nSPS) is 12.9. The van der Waals surface area contributed by atoms with Crippen molar-refractivity contribution < 1.29 is 18.6 Å². The highest BCUT2D eigenvalue weighted by Gasteiger charge is 2.23. The SMILES string of the molecule is O=[S@](Cc1cc2ccccc2c(-c2c(O)c(C[S@](=O)c3ccccc3)cc3ccccc23)c1O)c1ccccc1. The minimum Gasteiger partial charge on any atom is -0.507 e. The van der Waals surface area contributed by atoms with Gasteiger partial charge in [-0.3, -0.25) is 8.42 Å². The van der Waals surface area contributed by atoms with Crippen LogP contribution in [0.3, 0.4) is 0 Å². The second kappa shape index (κ2) is 11.1. The van der Waals surface area contributed by atoms with Crippen LogP contribution in [0.1, 0.15) is 11.1 Å². The van der Waals surface area contributed by atoms with Gasteiger partial charge in [0, 0.05) is 32.0 Å². The zero-order valence-electron chi connectivity index (χ0n) is 21.5. The topological polar surface area (TPSA) is 74.6 Å². The molecule has 2 N–H and O–H groups in total. The Balaban J connectivity index is 1.56. The van der Waals surface area contributed by atoms with Gasteiger partial charge in [-0.15, -0.1) is 0 Å². The van der Waals surface area contributed by atoms with Crippen LogP contribution in [0.2, 0.25) is 0 Å². The molecule has 0 amide bonds. The first kappa shape index (κ1) is 26.0. The van der Waals surface area contributed by atoms with E-state index in [0.29, 0.717) is 32.0 Å². The smallest absolute Gasteiger partial charge is 0.128 e. The van der Waals surface area contributed by atoms with Gasteiger partial charge in [0.25, 0.3) is 0 Å². The van der Waals surface area contributed by atoms with E-state index in [1.807, 2.05) is 121 Å². The Hall–Kier alpha value is -4.26. The molecule has 2 atom stereocenters. The lowest BCUT2D eigenvalue weighted by Gasteiger charge is -2.19. The molecule has 40 heavy (non-hydrogen) atoms. The standard InChI is InChI=1S/C34H26O4S2/c35-33-25(21-39(37)27-13-3-1-4-14-27)19-23-11-7-9-17-29(23)31(33)32-30-18-10-8-12-24(30)20-26(34(32)36)22-40(38)28-15-5-2-6-16-28/h1-20,35-36H,21-22H2/t39-,40+. The van der Waals surface area contributed by atoms with Gasteiger partial charge >= 0.3 is 0 Å². The van der Waals surface area contributed by atoms with Crippen LogP contribution in [0.25, 0.3) is 32.7 Å². The summed E-state index contributed by atoms with van der Waals surface area (Å²) in [5.74, 6) is 0.184. The molecule has 0 aromatic heterocycles. The van der Waals surface area contributed by atoms with E-state index in [4.69, 9.17) is 0 Å². The fraction of sp³-hybridized carbons (Fsp3) is 0.0588. The molecule has 6 rings (SSSR count). The Bertz CT molecular complexity index is 1760. The molecule has 0 aliphatic heterocycles. The summed E-state index contributed by atoms with van der Waals surface area (Å²) in [6.07, 6.45) is 0. The van der Waals surface area contributed by atoms with Crippen molar-refractivity contribution in [3.63, 3.8) is 0 Å². The van der Waals surface area contributed by atoms with Gasteiger partial charge in [0.15, 0.2) is 0 Å². The lowest BCUT2D eigenvalue weighted by atomic mass is 9.89. The maximum Gasteiger partial charge on any atom is 0.128 e. The average Bonchev–Trinajstić information content (AvgIpc) is 2.99. The summed E-state index contributed by atoms with van der Waals surface area (Å²) in [4.78, 5) is 1.35. The molecular weight excluding hydrogens is 537 g/mol. The molecule has 0 spiro atoms. The van der Waals surface area contributed by atoms with Gasteiger partial charge in [-0.05, 0) is 57.9 Å². The number of fused-ring (bicyclic) bond motifs is 2. The highest BCUT2D eigenvalue weighted by atomic mass is 32.2. The average molecular weight is 563 g/mol. The predicted octanol–water partition coefficient (Wildman–Crippen LogP) is 7.69. The fourth-order valence-electron chi connectivity index (χ4n) is 5.11. The maximum atomic E-state index is 13.3. The van der Waals surface area contributed by atoms with Gasteiger partial charge in [0.1, 0.15) is 11.5 Å². The summed E-state index contributed by atoms with van der Waals surface area (Å²) in [5, 5.41) is 26.8. The van der Waals surface area contributed by atoms with E-state index in [-0.39, 0.29) is 23.0 Å². The molecule has 0 saturated heterocycles. The number of phenols is 2. The summed E-state index contributed by atoms with van der Waals surface area (Å²) in [5.41, 5.74) is 1.99. The zero-order chi connectivity index (χ0) is 27.6. The van der Waals surface area contributed by atoms with Crippen LogP contribution < -0.4 is 0 Å². The molecule has 0 aliphatic rings. The van der Waals surface area contributed by atoms with Crippen molar-refractivity contribution in [1.82, 2.24) is 0 Å². The van der Waals surface area contributed by atoms with Crippen LogP contribution in [0.15, 0.2) is 131 Å². The zero-order valence-corrected chi connectivity index (χ0v) is 23.1. The lowest BCUT2D eigenvalue weighted by Crippen LogP contribution is -2.00. The van der Waals surface area contributed by atoms with Crippen molar-refractivity contribution in [1.29, 1.82) is 0 Å². The van der Waals surface area contributed by atoms with E-state index >= 15 is 0 Å². The van der Waals surface area contributed by atoms with Crippen LogP contribution in [0, 0.1) is 0 Å². The van der Waals surface area contributed by atoms with Crippen molar-refractivity contribution in [3.05, 3.63) is 132 Å². The molecule has 0 bridgehead atoms. The summed E-state index contributed by atoms with van der Waals surface area (Å²) in [6, 6.07) is 37.4. The number of phenolic OH excluding ortho intramolecular Hbond substituents is 2. The minimum atomic E-state index is -1.38. The molecule has 6 aromatic carbocycles. The molecule has 4 nitrogen and oxygen atoms in total. The molecule has 6 heteroatoms. The molecule has 0 aliphatic carbocycles. The van der Waals surface area contributed by atoms with E-state index < -0.39 is 21.6 Å². The van der Waals surface area contributed by atoms with Crippen LogP contribution in [-0.2, 0) is 33.1 Å². The Morgan fingerprint density at radius 2 is 0.825 bits per heavy atom. The van der Waals surface area contributed by atoms with Crippen molar-refractivity contribution >= 4 is 43.1 Å². The van der Waals surface area contributed by atoms with Crippen LogP contribution in [0.5, 0.6) is 11.5 Å². The molecule has 198 valence electrons. The third kappa shape index (κ3) is 4.92. The van der Waals surface area contributed by atoms with Crippen LogP contribution in [-0.4, -0.2) is 18.6 Å². The van der Waals surface area contributed by atoms with Crippen molar-refractivity contribution in [2.45, 2.75) is 21.3 Å². The number of hydrogen-bond donors (Lipinski definition) is 2. The third-order valence-electron chi connectivity index (χ3n) is 7.04. The van der Waals surface area contributed by atoms with Gasteiger partial charge in [0.05, 0.1) is 33.1 Å². The van der Waals surface area contributed by atoms with Crippen molar-refractivity contribution in [2.75, 3.05) is 0 Å². The van der Waals surface area contributed by atoms with Gasteiger partial charge in [0.2, 0.25) is 0 Å². The van der Waals surface area contributed by atoms with E-state index in [2.05, 4.69) is 0 Å². The van der Waals surface area contributed by atoms with Gasteiger partial charge in [-0.25, -0.2) is 0 Å². The van der Waals surface area contributed by atoms with E-state index in [9.17, 15) is 18.6 Å². The first-order valence-electron chi connectivity index (χ1n) is 12.9. The minimum absolute atomic E-state index is 0.0234.